The second-order valence-corrected chi connectivity index (χ2v) is 4.94. The smallest absolute Gasteiger partial charge is 0.135 e. The molecular formula is C15H17FN4. The van der Waals surface area contributed by atoms with E-state index < -0.39 is 0 Å². The molecule has 1 saturated heterocycles. The fourth-order valence-electron chi connectivity index (χ4n) is 2.39. The van der Waals surface area contributed by atoms with E-state index in [-0.39, 0.29) is 5.82 Å². The fraction of sp³-hybridized carbons (Fsp3) is 0.333. The van der Waals surface area contributed by atoms with Gasteiger partial charge >= 0.3 is 0 Å². The standard InChI is InChI=1S/C15H17FN4/c16-12-4-6-13(7-5-12)19-14-10-15(18-11-17-14)20-8-2-1-3-9-20/h4-7,10-11H,1-3,8-9H2,(H,17,18,19). The minimum Gasteiger partial charge on any atom is -0.356 e. The molecule has 0 spiro atoms. The molecule has 1 aromatic carbocycles. The quantitative estimate of drug-likeness (QED) is 0.930. The van der Waals surface area contributed by atoms with E-state index in [0.717, 1.165) is 30.4 Å². The minimum absolute atomic E-state index is 0.243. The van der Waals surface area contributed by atoms with Gasteiger partial charge in [0.1, 0.15) is 23.8 Å². The molecule has 4 nitrogen and oxygen atoms in total. The van der Waals surface area contributed by atoms with Crippen LogP contribution in [0, 0.1) is 5.82 Å². The Labute approximate surface area is 117 Å². The van der Waals surface area contributed by atoms with E-state index in [0.29, 0.717) is 0 Å². The molecule has 1 fully saturated rings. The van der Waals surface area contributed by atoms with Crippen LogP contribution in [0.4, 0.5) is 21.7 Å². The number of anilines is 3. The van der Waals surface area contributed by atoms with E-state index in [2.05, 4.69) is 20.2 Å². The Kier molecular flexibility index (Phi) is 3.76. The average molecular weight is 272 g/mol. The highest BCUT2D eigenvalue weighted by Gasteiger charge is 2.12. The largest absolute Gasteiger partial charge is 0.356 e. The SMILES string of the molecule is Fc1ccc(Nc2cc(N3CCCCC3)ncn2)cc1. The third-order valence-corrected chi connectivity index (χ3v) is 3.45. The van der Waals surface area contributed by atoms with Gasteiger partial charge in [0.05, 0.1) is 0 Å². The van der Waals surface area contributed by atoms with Gasteiger partial charge in [-0.2, -0.15) is 0 Å². The van der Waals surface area contributed by atoms with Crippen molar-refractivity contribution in [3.63, 3.8) is 0 Å². The summed E-state index contributed by atoms with van der Waals surface area (Å²) >= 11 is 0. The zero-order valence-corrected chi connectivity index (χ0v) is 11.2. The van der Waals surface area contributed by atoms with E-state index in [4.69, 9.17) is 0 Å². The monoisotopic (exact) mass is 272 g/mol. The molecule has 5 heteroatoms. The summed E-state index contributed by atoms with van der Waals surface area (Å²) in [5, 5.41) is 3.17. The van der Waals surface area contributed by atoms with Crippen molar-refractivity contribution in [2.45, 2.75) is 19.3 Å². The number of hydrogen-bond acceptors (Lipinski definition) is 4. The second kappa shape index (κ2) is 5.86. The Morgan fingerprint density at radius 2 is 1.75 bits per heavy atom. The Hall–Kier alpha value is -2.17. The summed E-state index contributed by atoms with van der Waals surface area (Å²) in [5.74, 6) is 1.43. The lowest BCUT2D eigenvalue weighted by Crippen LogP contribution is -2.30. The predicted octanol–water partition coefficient (Wildman–Crippen LogP) is 3.35. The van der Waals surface area contributed by atoms with Crippen LogP contribution in [0.1, 0.15) is 19.3 Å². The van der Waals surface area contributed by atoms with Crippen LogP contribution in [0.2, 0.25) is 0 Å². The number of nitrogens with one attached hydrogen (secondary N) is 1. The third-order valence-electron chi connectivity index (χ3n) is 3.45. The molecule has 2 heterocycles. The van der Waals surface area contributed by atoms with Crippen molar-refractivity contribution in [1.82, 2.24) is 9.97 Å². The van der Waals surface area contributed by atoms with Gasteiger partial charge in [-0.15, -0.1) is 0 Å². The van der Waals surface area contributed by atoms with Crippen molar-refractivity contribution >= 4 is 17.3 Å². The zero-order valence-electron chi connectivity index (χ0n) is 11.2. The molecule has 1 aliphatic heterocycles. The molecule has 1 aliphatic rings. The van der Waals surface area contributed by atoms with Crippen LogP contribution in [-0.4, -0.2) is 23.1 Å². The van der Waals surface area contributed by atoms with E-state index >= 15 is 0 Å². The number of benzene rings is 1. The van der Waals surface area contributed by atoms with E-state index in [1.54, 1.807) is 18.5 Å². The van der Waals surface area contributed by atoms with Crippen LogP contribution in [-0.2, 0) is 0 Å². The fourth-order valence-corrected chi connectivity index (χ4v) is 2.39. The Morgan fingerprint density at radius 1 is 1.00 bits per heavy atom. The predicted molar refractivity (Wildman–Crippen MR) is 77.8 cm³/mol. The first-order valence-electron chi connectivity index (χ1n) is 6.91. The van der Waals surface area contributed by atoms with Gasteiger partial charge in [0.15, 0.2) is 0 Å². The molecule has 20 heavy (non-hydrogen) atoms. The molecule has 1 N–H and O–H groups in total. The zero-order chi connectivity index (χ0) is 13.8. The molecule has 1 aromatic heterocycles. The van der Waals surface area contributed by atoms with Crippen LogP contribution in [0.25, 0.3) is 0 Å². The number of aromatic nitrogens is 2. The average Bonchev–Trinajstić information content (AvgIpc) is 2.51. The number of hydrogen-bond donors (Lipinski definition) is 1. The van der Waals surface area contributed by atoms with Crippen molar-refractivity contribution in [2.75, 3.05) is 23.3 Å². The lowest BCUT2D eigenvalue weighted by atomic mass is 10.1. The van der Waals surface area contributed by atoms with Gasteiger partial charge in [0.2, 0.25) is 0 Å². The number of piperidine rings is 1. The number of rotatable bonds is 3. The highest BCUT2D eigenvalue weighted by Crippen LogP contribution is 2.21. The second-order valence-electron chi connectivity index (χ2n) is 4.94. The molecule has 104 valence electrons. The molecule has 0 aliphatic carbocycles. The van der Waals surface area contributed by atoms with Crippen molar-refractivity contribution in [2.24, 2.45) is 0 Å². The summed E-state index contributed by atoms with van der Waals surface area (Å²) in [6.45, 7) is 2.10. The van der Waals surface area contributed by atoms with Crippen molar-refractivity contribution in [3.05, 3.63) is 42.5 Å². The lowest BCUT2D eigenvalue weighted by Gasteiger charge is -2.27. The van der Waals surface area contributed by atoms with Crippen LogP contribution < -0.4 is 10.2 Å². The normalized spacial score (nSPS) is 15.2. The number of halogens is 1. The maximum atomic E-state index is 12.9. The molecule has 3 rings (SSSR count). The Bertz CT molecular complexity index is 564. The first-order chi connectivity index (χ1) is 9.81. The van der Waals surface area contributed by atoms with E-state index in [9.17, 15) is 4.39 Å². The highest BCUT2D eigenvalue weighted by atomic mass is 19.1. The van der Waals surface area contributed by atoms with E-state index in [1.165, 1.54) is 31.4 Å². The van der Waals surface area contributed by atoms with E-state index in [1.807, 2.05) is 6.07 Å². The van der Waals surface area contributed by atoms with Gasteiger partial charge in [-0.05, 0) is 43.5 Å². The molecule has 0 bridgehead atoms. The van der Waals surface area contributed by atoms with Gasteiger partial charge < -0.3 is 10.2 Å². The summed E-state index contributed by atoms with van der Waals surface area (Å²) in [6, 6.07) is 8.18. The summed E-state index contributed by atoms with van der Waals surface area (Å²) in [4.78, 5) is 10.8. The van der Waals surface area contributed by atoms with Gasteiger partial charge in [-0.25, -0.2) is 14.4 Å². The maximum Gasteiger partial charge on any atom is 0.135 e. The maximum absolute atomic E-state index is 12.9. The van der Waals surface area contributed by atoms with Gasteiger partial charge in [-0.3, -0.25) is 0 Å². The summed E-state index contributed by atoms with van der Waals surface area (Å²) in [6.07, 6.45) is 5.29. The van der Waals surface area contributed by atoms with Crippen LogP contribution in [0.15, 0.2) is 36.7 Å². The lowest BCUT2D eigenvalue weighted by molar-refractivity contribution is 0.573. The summed E-state index contributed by atoms with van der Waals surface area (Å²) in [5.41, 5.74) is 0.815. The first-order valence-corrected chi connectivity index (χ1v) is 6.91. The van der Waals surface area contributed by atoms with Crippen molar-refractivity contribution < 1.29 is 4.39 Å². The minimum atomic E-state index is -0.243. The van der Waals surface area contributed by atoms with Gasteiger partial charge in [-0.1, -0.05) is 0 Å². The molecular weight excluding hydrogens is 255 g/mol. The molecule has 0 amide bonds. The topological polar surface area (TPSA) is 41.0 Å². The molecule has 0 atom stereocenters. The van der Waals surface area contributed by atoms with Crippen LogP contribution in [0.5, 0.6) is 0 Å². The van der Waals surface area contributed by atoms with Crippen LogP contribution >= 0.6 is 0 Å². The molecule has 0 radical (unpaired) electrons. The molecule has 0 unspecified atom stereocenters. The Morgan fingerprint density at radius 3 is 2.50 bits per heavy atom. The number of nitrogens with zero attached hydrogens (tertiary/aromatic N) is 3. The molecule has 2 aromatic rings. The van der Waals surface area contributed by atoms with Crippen LogP contribution in [0.3, 0.4) is 0 Å². The Balaban J connectivity index is 1.75. The summed E-state index contributed by atoms with van der Waals surface area (Å²) in [7, 11) is 0. The first kappa shape index (κ1) is 12.8. The van der Waals surface area contributed by atoms with Crippen molar-refractivity contribution in [3.8, 4) is 0 Å². The molecule has 0 saturated carbocycles. The van der Waals surface area contributed by atoms with Crippen molar-refractivity contribution in [1.29, 1.82) is 0 Å². The highest BCUT2D eigenvalue weighted by molar-refractivity contribution is 5.59. The summed E-state index contributed by atoms with van der Waals surface area (Å²) < 4.78 is 12.9. The third kappa shape index (κ3) is 3.04. The van der Waals surface area contributed by atoms with Gasteiger partial charge in [0.25, 0.3) is 0 Å². The van der Waals surface area contributed by atoms with Gasteiger partial charge in [0, 0.05) is 24.8 Å².